The van der Waals surface area contributed by atoms with Gasteiger partial charge in [-0.15, -0.1) is 0 Å². The minimum atomic E-state index is -4.24. The number of nitrogens with one attached hydrogen (secondary N) is 1. The number of sulfonamides is 1. The van der Waals surface area contributed by atoms with E-state index in [1.165, 1.54) is 23.1 Å². The number of nitrogens with zero attached hydrogens (tertiary/aromatic N) is 2. The molecule has 1 aliphatic rings. The van der Waals surface area contributed by atoms with Crippen LogP contribution in [0.4, 0.5) is 5.69 Å². The van der Waals surface area contributed by atoms with Gasteiger partial charge < -0.3 is 10.2 Å². The Morgan fingerprint density at radius 3 is 2.15 bits per heavy atom. The van der Waals surface area contributed by atoms with Crippen LogP contribution in [0, 0.1) is 6.92 Å². The van der Waals surface area contributed by atoms with Gasteiger partial charge in [0.05, 0.1) is 10.6 Å². The van der Waals surface area contributed by atoms with Crippen molar-refractivity contribution in [3.05, 3.63) is 129 Å². The minimum Gasteiger partial charge on any atom is -0.352 e. The summed E-state index contributed by atoms with van der Waals surface area (Å²) < 4.78 is 29.4. The quantitative estimate of drug-likeness (QED) is 0.162. The molecule has 4 aromatic rings. The molecule has 0 aromatic heterocycles. The third-order valence-corrected chi connectivity index (χ3v) is 11.2. The fourth-order valence-electron chi connectivity index (χ4n) is 5.74. The molecular weight excluding hydrogens is 677 g/mol. The van der Waals surface area contributed by atoms with Gasteiger partial charge in [-0.05, 0) is 72.9 Å². The highest BCUT2D eigenvalue weighted by atomic mass is 35.5. The molecule has 1 saturated carbocycles. The second-order valence-corrected chi connectivity index (χ2v) is 14.8. The van der Waals surface area contributed by atoms with Crippen molar-refractivity contribution in [3.63, 3.8) is 0 Å². The molecular formula is C36H36Cl3N3O4S. The third kappa shape index (κ3) is 8.68. The molecule has 11 heteroatoms. The van der Waals surface area contributed by atoms with Crippen LogP contribution in [-0.4, -0.2) is 43.8 Å². The number of rotatable bonds is 12. The maximum Gasteiger partial charge on any atom is 0.264 e. The van der Waals surface area contributed by atoms with Gasteiger partial charge in [0.15, 0.2) is 0 Å². The van der Waals surface area contributed by atoms with E-state index in [1.807, 2.05) is 37.3 Å². The van der Waals surface area contributed by atoms with Crippen LogP contribution in [0.25, 0.3) is 0 Å². The van der Waals surface area contributed by atoms with E-state index in [-0.39, 0.29) is 35.5 Å². The summed E-state index contributed by atoms with van der Waals surface area (Å²) in [7, 11) is -4.24. The van der Waals surface area contributed by atoms with Crippen molar-refractivity contribution in [2.75, 3.05) is 10.8 Å². The number of carbonyl (C=O) groups excluding carboxylic acids is 2. The molecule has 1 N–H and O–H groups in total. The summed E-state index contributed by atoms with van der Waals surface area (Å²) in [5.41, 5.74) is 2.38. The zero-order valence-corrected chi connectivity index (χ0v) is 29.0. The molecule has 246 valence electrons. The van der Waals surface area contributed by atoms with Crippen LogP contribution in [0.15, 0.2) is 102 Å². The monoisotopic (exact) mass is 711 g/mol. The Balaban J connectivity index is 1.59. The molecule has 1 aliphatic carbocycles. The first-order valence-electron chi connectivity index (χ1n) is 15.4. The van der Waals surface area contributed by atoms with Crippen molar-refractivity contribution in [1.29, 1.82) is 0 Å². The van der Waals surface area contributed by atoms with Crippen LogP contribution in [0.1, 0.15) is 42.4 Å². The van der Waals surface area contributed by atoms with E-state index in [2.05, 4.69) is 5.32 Å². The average molecular weight is 713 g/mol. The number of benzene rings is 4. The number of hydrogen-bond acceptors (Lipinski definition) is 4. The molecule has 7 nitrogen and oxygen atoms in total. The Kier molecular flexibility index (Phi) is 11.5. The van der Waals surface area contributed by atoms with Gasteiger partial charge in [-0.3, -0.25) is 13.9 Å². The first kappa shape index (κ1) is 34.8. The minimum absolute atomic E-state index is 0.00139. The summed E-state index contributed by atoms with van der Waals surface area (Å²) in [6.45, 7) is 1.16. The summed E-state index contributed by atoms with van der Waals surface area (Å²) in [4.78, 5) is 30.2. The van der Waals surface area contributed by atoms with Gasteiger partial charge in [-0.2, -0.15) is 0 Å². The molecule has 1 fully saturated rings. The predicted molar refractivity (Wildman–Crippen MR) is 189 cm³/mol. The number of carbonyl (C=O) groups is 2. The fraction of sp³-hybridized carbons (Fsp3) is 0.278. The number of anilines is 1. The molecule has 47 heavy (non-hydrogen) atoms. The van der Waals surface area contributed by atoms with Gasteiger partial charge in [-0.1, -0.05) is 108 Å². The van der Waals surface area contributed by atoms with Crippen LogP contribution in [0.3, 0.4) is 0 Å². The topological polar surface area (TPSA) is 86.8 Å². The first-order chi connectivity index (χ1) is 22.5. The van der Waals surface area contributed by atoms with E-state index < -0.39 is 28.5 Å². The normalized spacial score (nSPS) is 14.0. The first-order valence-corrected chi connectivity index (χ1v) is 18.0. The smallest absolute Gasteiger partial charge is 0.264 e. The molecule has 2 amide bonds. The van der Waals surface area contributed by atoms with E-state index in [4.69, 9.17) is 34.8 Å². The van der Waals surface area contributed by atoms with E-state index in [0.717, 1.165) is 41.1 Å². The van der Waals surface area contributed by atoms with Crippen molar-refractivity contribution in [2.24, 2.45) is 0 Å². The fourth-order valence-corrected chi connectivity index (χ4v) is 7.81. The summed E-state index contributed by atoms with van der Waals surface area (Å²) in [5, 5.41) is 4.26. The van der Waals surface area contributed by atoms with Crippen LogP contribution < -0.4 is 9.62 Å². The van der Waals surface area contributed by atoms with Crippen LogP contribution in [0.5, 0.6) is 0 Å². The molecule has 1 atom stereocenters. The van der Waals surface area contributed by atoms with E-state index in [1.54, 1.807) is 48.5 Å². The van der Waals surface area contributed by atoms with Crippen molar-refractivity contribution >= 4 is 62.3 Å². The highest BCUT2D eigenvalue weighted by Crippen LogP contribution is 2.30. The molecule has 0 saturated heterocycles. The molecule has 0 heterocycles. The predicted octanol–water partition coefficient (Wildman–Crippen LogP) is 7.85. The Morgan fingerprint density at radius 1 is 0.851 bits per heavy atom. The van der Waals surface area contributed by atoms with E-state index in [9.17, 15) is 18.0 Å². The Labute approximate surface area is 291 Å². The highest BCUT2D eigenvalue weighted by Gasteiger charge is 2.36. The lowest BCUT2D eigenvalue weighted by Crippen LogP contribution is -2.54. The molecule has 0 unspecified atom stereocenters. The maximum absolute atomic E-state index is 14.7. The molecule has 0 aliphatic heterocycles. The number of aryl methyl sites for hydroxylation is 1. The summed E-state index contributed by atoms with van der Waals surface area (Å²) in [5.74, 6) is -0.898. The van der Waals surface area contributed by atoms with Crippen molar-refractivity contribution in [1.82, 2.24) is 10.2 Å². The summed E-state index contributed by atoms with van der Waals surface area (Å²) in [6, 6.07) is 26.1. The molecule has 0 radical (unpaired) electrons. The second kappa shape index (κ2) is 15.6. The van der Waals surface area contributed by atoms with Gasteiger partial charge >= 0.3 is 0 Å². The molecule has 4 aromatic carbocycles. The average Bonchev–Trinajstić information content (AvgIpc) is 3.57. The molecule has 0 spiro atoms. The third-order valence-electron chi connectivity index (χ3n) is 8.38. The van der Waals surface area contributed by atoms with Crippen molar-refractivity contribution < 1.29 is 18.0 Å². The van der Waals surface area contributed by atoms with Crippen LogP contribution in [0.2, 0.25) is 15.1 Å². The summed E-state index contributed by atoms with van der Waals surface area (Å²) >= 11 is 19.2. The number of amides is 2. The Bertz CT molecular complexity index is 1820. The lowest BCUT2D eigenvalue weighted by atomic mass is 10.0. The lowest BCUT2D eigenvalue weighted by molar-refractivity contribution is -0.140. The summed E-state index contributed by atoms with van der Waals surface area (Å²) in [6.07, 6.45) is 3.96. The van der Waals surface area contributed by atoms with Crippen LogP contribution in [-0.2, 0) is 32.6 Å². The maximum atomic E-state index is 14.7. The zero-order chi connectivity index (χ0) is 33.6. The van der Waals surface area contributed by atoms with Gasteiger partial charge in [-0.25, -0.2) is 8.42 Å². The van der Waals surface area contributed by atoms with Gasteiger partial charge in [0.2, 0.25) is 11.8 Å². The number of hydrogen-bond donors (Lipinski definition) is 1. The molecule has 5 rings (SSSR count). The Morgan fingerprint density at radius 2 is 1.51 bits per heavy atom. The second-order valence-electron chi connectivity index (χ2n) is 11.7. The van der Waals surface area contributed by atoms with Crippen molar-refractivity contribution in [3.8, 4) is 0 Å². The van der Waals surface area contributed by atoms with Gasteiger partial charge in [0.25, 0.3) is 10.0 Å². The van der Waals surface area contributed by atoms with Crippen molar-refractivity contribution in [2.45, 2.75) is 62.6 Å². The van der Waals surface area contributed by atoms with Crippen LogP contribution >= 0.6 is 34.8 Å². The van der Waals surface area contributed by atoms with Gasteiger partial charge in [0.1, 0.15) is 12.6 Å². The molecule has 0 bridgehead atoms. The Hall–Kier alpha value is -3.56. The largest absolute Gasteiger partial charge is 0.352 e. The zero-order valence-electron chi connectivity index (χ0n) is 25.9. The lowest BCUT2D eigenvalue weighted by Gasteiger charge is -2.34. The van der Waals surface area contributed by atoms with Gasteiger partial charge in [0, 0.05) is 34.1 Å². The SMILES string of the molecule is Cc1ccc(N(CC(=O)N(Cc2ccc(Cl)cc2Cl)[C@@H](Cc2ccccc2)C(=O)NC2CCCC2)S(=O)(=O)c2ccccc2)cc1Cl. The standard InChI is InChI=1S/C36H36Cl3N3O4S/c1-25-16-19-30(22-32(25)38)42(47(45,46)31-14-6-3-7-15-31)24-35(43)41(23-27-17-18-28(37)21-33(27)39)34(20-26-10-4-2-5-11-26)36(44)40-29-12-8-9-13-29/h2-7,10-11,14-19,21-22,29,34H,8-9,12-13,20,23-24H2,1H3,(H,40,44)/t34-/m0/s1. The van der Waals surface area contributed by atoms with E-state index >= 15 is 0 Å². The number of halogens is 3. The van der Waals surface area contributed by atoms with E-state index in [0.29, 0.717) is 20.6 Å². The highest BCUT2D eigenvalue weighted by molar-refractivity contribution is 7.92.